The molecule has 0 spiro atoms. The molecule has 0 bridgehead atoms. The quantitative estimate of drug-likeness (QED) is 0.483. The van der Waals surface area contributed by atoms with Crippen LogP contribution in [0.2, 0.25) is 0 Å². The number of likely N-dealkylation sites (tertiary alicyclic amines) is 2. The van der Waals surface area contributed by atoms with Gasteiger partial charge >= 0.3 is 0 Å². The van der Waals surface area contributed by atoms with E-state index in [4.69, 9.17) is 9.47 Å². The summed E-state index contributed by atoms with van der Waals surface area (Å²) in [5.74, 6) is 1.80. The normalized spacial score (nSPS) is 17.2. The Balaban J connectivity index is 1.13. The summed E-state index contributed by atoms with van der Waals surface area (Å²) in [6, 6.07) is 21.6. The molecular weight excluding hydrogens is 452 g/mol. The van der Waals surface area contributed by atoms with Crippen LogP contribution in [0.4, 0.5) is 0 Å². The standard InChI is InChI=1S/C30H34N2O4/c1-2-35-27-12-5-6-13-28(27)36-24-16-20-31(21-17-24)29(33)23-14-18-32(19-15-23)30(34)26-11-7-9-22-8-3-4-10-25(22)26/h3-13,23-24H,2,14-21H2,1H3. The third-order valence-electron chi connectivity index (χ3n) is 7.35. The van der Waals surface area contributed by atoms with Gasteiger partial charge in [0.15, 0.2) is 11.5 Å². The molecule has 6 nitrogen and oxygen atoms in total. The SMILES string of the molecule is CCOc1ccccc1OC1CCN(C(=O)C2CCN(C(=O)c3cccc4ccccc34)CC2)CC1. The fraction of sp³-hybridized carbons (Fsp3) is 0.400. The number of fused-ring (bicyclic) bond motifs is 1. The monoisotopic (exact) mass is 486 g/mol. The smallest absolute Gasteiger partial charge is 0.254 e. The largest absolute Gasteiger partial charge is 0.490 e. The van der Waals surface area contributed by atoms with Crippen molar-refractivity contribution in [1.82, 2.24) is 9.80 Å². The number of rotatable bonds is 6. The molecule has 0 N–H and O–H groups in total. The predicted molar refractivity (Wildman–Crippen MR) is 140 cm³/mol. The van der Waals surface area contributed by atoms with E-state index in [1.54, 1.807) is 0 Å². The zero-order valence-corrected chi connectivity index (χ0v) is 20.9. The van der Waals surface area contributed by atoms with E-state index in [-0.39, 0.29) is 23.8 Å². The van der Waals surface area contributed by atoms with Crippen molar-refractivity contribution in [1.29, 1.82) is 0 Å². The highest BCUT2D eigenvalue weighted by Gasteiger charge is 2.33. The van der Waals surface area contributed by atoms with Crippen molar-refractivity contribution in [2.45, 2.75) is 38.7 Å². The molecule has 0 radical (unpaired) electrons. The summed E-state index contributed by atoms with van der Waals surface area (Å²) in [7, 11) is 0. The number of hydrogen-bond acceptors (Lipinski definition) is 4. The lowest BCUT2D eigenvalue weighted by Crippen LogP contribution is -2.47. The molecule has 6 heteroatoms. The van der Waals surface area contributed by atoms with E-state index in [9.17, 15) is 9.59 Å². The van der Waals surface area contributed by atoms with Gasteiger partial charge in [0.05, 0.1) is 6.61 Å². The van der Waals surface area contributed by atoms with Gasteiger partial charge < -0.3 is 19.3 Å². The number of para-hydroxylation sites is 2. The van der Waals surface area contributed by atoms with Gasteiger partial charge in [0.1, 0.15) is 6.10 Å². The summed E-state index contributed by atoms with van der Waals surface area (Å²) in [5, 5.41) is 2.05. The van der Waals surface area contributed by atoms with Crippen LogP contribution >= 0.6 is 0 Å². The van der Waals surface area contributed by atoms with Crippen molar-refractivity contribution in [2.75, 3.05) is 32.8 Å². The molecule has 2 saturated heterocycles. The Kier molecular flexibility index (Phi) is 7.40. The summed E-state index contributed by atoms with van der Waals surface area (Å²) in [6.07, 6.45) is 3.13. The van der Waals surface area contributed by atoms with Crippen LogP contribution in [0, 0.1) is 5.92 Å². The fourth-order valence-corrected chi connectivity index (χ4v) is 5.37. The predicted octanol–water partition coefficient (Wildman–Crippen LogP) is 5.16. The van der Waals surface area contributed by atoms with Gasteiger partial charge in [-0.25, -0.2) is 0 Å². The molecule has 0 saturated carbocycles. The van der Waals surface area contributed by atoms with Crippen LogP contribution in [0.3, 0.4) is 0 Å². The minimum Gasteiger partial charge on any atom is -0.490 e. The average molecular weight is 487 g/mol. The first kappa shape index (κ1) is 24.2. The van der Waals surface area contributed by atoms with Crippen LogP contribution in [-0.4, -0.2) is 60.5 Å². The zero-order valence-electron chi connectivity index (χ0n) is 20.9. The number of nitrogens with zero attached hydrogens (tertiary/aromatic N) is 2. The first-order chi connectivity index (χ1) is 17.6. The molecule has 36 heavy (non-hydrogen) atoms. The van der Waals surface area contributed by atoms with Gasteiger partial charge in [-0.15, -0.1) is 0 Å². The van der Waals surface area contributed by atoms with E-state index in [1.807, 2.05) is 83.5 Å². The third kappa shape index (κ3) is 5.18. The summed E-state index contributed by atoms with van der Waals surface area (Å²) >= 11 is 0. The molecule has 0 aliphatic carbocycles. The van der Waals surface area contributed by atoms with E-state index in [0.717, 1.165) is 40.7 Å². The Labute approximate surface area is 212 Å². The molecule has 0 aromatic heterocycles. The maximum Gasteiger partial charge on any atom is 0.254 e. The Morgan fingerprint density at radius 3 is 2.17 bits per heavy atom. The van der Waals surface area contributed by atoms with Crippen LogP contribution in [0.5, 0.6) is 11.5 Å². The Morgan fingerprint density at radius 1 is 0.778 bits per heavy atom. The first-order valence-electron chi connectivity index (χ1n) is 13.1. The van der Waals surface area contributed by atoms with Crippen molar-refractivity contribution in [3.63, 3.8) is 0 Å². The van der Waals surface area contributed by atoms with Crippen LogP contribution in [0.15, 0.2) is 66.7 Å². The summed E-state index contributed by atoms with van der Waals surface area (Å²) in [6.45, 7) is 5.20. The average Bonchev–Trinajstić information content (AvgIpc) is 2.94. The van der Waals surface area contributed by atoms with Gasteiger partial charge in [-0.05, 0) is 48.7 Å². The first-order valence-corrected chi connectivity index (χ1v) is 13.1. The Hall–Kier alpha value is -3.54. The van der Waals surface area contributed by atoms with Gasteiger partial charge in [0.25, 0.3) is 5.91 Å². The van der Waals surface area contributed by atoms with Crippen LogP contribution in [0.1, 0.15) is 43.0 Å². The molecule has 2 aliphatic rings. The lowest BCUT2D eigenvalue weighted by Gasteiger charge is -2.37. The molecule has 3 aromatic rings. The minimum atomic E-state index is -0.0160. The lowest BCUT2D eigenvalue weighted by atomic mass is 9.93. The second-order valence-electron chi connectivity index (χ2n) is 9.62. The molecule has 2 amide bonds. The number of amides is 2. The number of benzene rings is 3. The summed E-state index contributed by atoms with van der Waals surface area (Å²) in [5.41, 5.74) is 0.742. The molecule has 0 unspecified atom stereocenters. The van der Waals surface area contributed by atoms with Gasteiger partial charge in [0, 0.05) is 50.5 Å². The van der Waals surface area contributed by atoms with Crippen molar-refractivity contribution in [3.05, 3.63) is 72.3 Å². The maximum atomic E-state index is 13.3. The highest BCUT2D eigenvalue weighted by molar-refractivity contribution is 6.07. The molecule has 188 valence electrons. The molecule has 2 fully saturated rings. The summed E-state index contributed by atoms with van der Waals surface area (Å²) < 4.78 is 11.9. The fourth-order valence-electron chi connectivity index (χ4n) is 5.37. The van der Waals surface area contributed by atoms with Gasteiger partial charge in [-0.2, -0.15) is 0 Å². The second kappa shape index (κ2) is 11.0. The lowest BCUT2D eigenvalue weighted by molar-refractivity contribution is -0.138. The van der Waals surface area contributed by atoms with E-state index in [2.05, 4.69) is 0 Å². The Morgan fingerprint density at radius 2 is 1.42 bits per heavy atom. The van der Waals surface area contributed by atoms with Crippen LogP contribution in [0.25, 0.3) is 10.8 Å². The number of carbonyl (C=O) groups excluding carboxylic acids is 2. The highest BCUT2D eigenvalue weighted by atomic mass is 16.5. The zero-order chi connectivity index (χ0) is 24.9. The van der Waals surface area contributed by atoms with E-state index < -0.39 is 0 Å². The number of ether oxygens (including phenoxy) is 2. The number of hydrogen-bond donors (Lipinski definition) is 0. The second-order valence-corrected chi connectivity index (χ2v) is 9.62. The molecule has 0 atom stereocenters. The van der Waals surface area contributed by atoms with Crippen LogP contribution in [-0.2, 0) is 4.79 Å². The topological polar surface area (TPSA) is 59.1 Å². The third-order valence-corrected chi connectivity index (χ3v) is 7.35. The number of carbonyl (C=O) groups is 2. The molecule has 2 heterocycles. The Bertz CT molecular complexity index is 1210. The highest BCUT2D eigenvalue weighted by Crippen LogP contribution is 2.30. The van der Waals surface area contributed by atoms with Crippen molar-refractivity contribution >= 4 is 22.6 Å². The van der Waals surface area contributed by atoms with Crippen molar-refractivity contribution in [2.24, 2.45) is 5.92 Å². The van der Waals surface area contributed by atoms with Crippen LogP contribution < -0.4 is 9.47 Å². The molecule has 5 rings (SSSR count). The van der Waals surface area contributed by atoms with E-state index in [0.29, 0.717) is 45.6 Å². The summed E-state index contributed by atoms with van der Waals surface area (Å²) in [4.78, 5) is 30.4. The molecule has 3 aromatic carbocycles. The molecule has 2 aliphatic heterocycles. The van der Waals surface area contributed by atoms with Crippen molar-refractivity contribution in [3.8, 4) is 11.5 Å². The van der Waals surface area contributed by atoms with Gasteiger partial charge in [0.2, 0.25) is 5.91 Å². The van der Waals surface area contributed by atoms with Crippen molar-refractivity contribution < 1.29 is 19.1 Å². The molecular formula is C30H34N2O4. The number of piperidine rings is 2. The van der Waals surface area contributed by atoms with E-state index >= 15 is 0 Å². The van der Waals surface area contributed by atoms with E-state index in [1.165, 1.54) is 0 Å². The minimum absolute atomic E-state index is 0.0160. The van der Waals surface area contributed by atoms with Gasteiger partial charge in [-0.1, -0.05) is 48.5 Å². The van der Waals surface area contributed by atoms with Gasteiger partial charge in [-0.3, -0.25) is 9.59 Å². The maximum absolute atomic E-state index is 13.3.